The lowest BCUT2D eigenvalue weighted by Gasteiger charge is -2.08. The molecule has 6 heteroatoms. The molecular weight excluding hydrogens is 344 g/mol. The van der Waals surface area contributed by atoms with Crippen LogP contribution in [0.1, 0.15) is 48.5 Å². The van der Waals surface area contributed by atoms with Gasteiger partial charge in [0.15, 0.2) is 0 Å². The quantitative estimate of drug-likeness (QED) is 0.481. The van der Waals surface area contributed by atoms with Crippen LogP contribution in [-0.4, -0.2) is 16.0 Å². The summed E-state index contributed by atoms with van der Waals surface area (Å²) in [6.45, 7) is 2.15. The van der Waals surface area contributed by atoms with Crippen molar-refractivity contribution in [1.82, 2.24) is 4.98 Å². The standard InChI is InChI=1S/C21H22N2O4/c1-2-3-4-5-8-14-11-15-12-16(21(26)27-18(15)13-17(14)24)20(25)23-19-9-6-7-10-22-19/h6-7,9-13,24H,2-5,8H2,1H3,(H,22,23,25). The van der Waals surface area contributed by atoms with Crippen molar-refractivity contribution in [2.24, 2.45) is 0 Å². The lowest BCUT2D eigenvalue weighted by Crippen LogP contribution is -2.21. The number of carbonyl (C=O) groups is 1. The summed E-state index contributed by atoms with van der Waals surface area (Å²) in [5, 5.41) is 13.4. The van der Waals surface area contributed by atoms with E-state index in [1.165, 1.54) is 12.1 Å². The van der Waals surface area contributed by atoms with Gasteiger partial charge >= 0.3 is 5.63 Å². The maximum Gasteiger partial charge on any atom is 0.349 e. The van der Waals surface area contributed by atoms with E-state index in [0.29, 0.717) is 11.2 Å². The van der Waals surface area contributed by atoms with Crippen LogP contribution in [0.25, 0.3) is 11.0 Å². The fourth-order valence-electron chi connectivity index (χ4n) is 2.92. The zero-order valence-corrected chi connectivity index (χ0v) is 15.2. The van der Waals surface area contributed by atoms with Crippen LogP contribution in [-0.2, 0) is 6.42 Å². The van der Waals surface area contributed by atoms with Crippen LogP contribution < -0.4 is 10.9 Å². The van der Waals surface area contributed by atoms with Crippen molar-refractivity contribution < 1.29 is 14.3 Å². The number of pyridine rings is 1. The number of amides is 1. The van der Waals surface area contributed by atoms with Crippen molar-refractivity contribution in [3.8, 4) is 5.75 Å². The molecule has 27 heavy (non-hydrogen) atoms. The number of aromatic nitrogens is 1. The summed E-state index contributed by atoms with van der Waals surface area (Å²) in [4.78, 5) is 28.6. The van der Waals surface area contributed by atoms with E-state index in [9.17, 15) is 14.7 Å². The number of unbranched alkanes of at least 4 members (excludes halogenated alkanes) is 3. The van der Waals surface area contributed by atoms with Gasteiger partial charge in [-0.1, -0.05) is 32.3 Å². The van der Waals surface area contributed by atoms with Gasteiger partial charge in [0, 0.05) is 17.6 Å². The Bertz CT molecular complexity index is 996. The van der Waals surface area contributed by atoms with E-state index in [0.717, 1.165) is 37.7 Å². The van der Waals surface area contributed by atoms with Crippen molar-refractivity contribution in [2.75, 3.05) is 5.32 Å². The molecule has 0 saturated heterocycles. The Kier molecular flexibility index (Phi) is 5.86. The van der Waals surface area contributed by atoms with Crippen LogP contribution in [0.4, 0.5) is 5.82 Å². The highest BCUT2D eigenvalue weighted by Crippen LogP contribution is 2.26. The highest BCUT2D eigenvalue weighted by molar-refractivity contribution is 6.05. The van der Waals surface area contributed by atoms with Crippen LogP contribution in [0.2, 0.25) is 0 Å². The zero-order valence-electron chi connectivity index (χ0n) is 15.2. The number of carbonyl (C=O) groups excluding carboxylic acids is 1. The number of anilines is 1. The molecule has 140 valence electrons. The summed E-state index contributed by atoms with van der Waals surface area (Å²) in [5.41, 5.74) is 0.175. The molecule has 0 unspecified atom stereocenters. The summed E-state index contributed by atoms with van der Waals surface area (Å²) in [6.07, 6.45) is 6.64. The predicted molar refractivity (Wildman–Crippen MR) is 104 cm³/mol. The van der Waals surface area contributed by atoms with E-state index in [1.807, 2.05) is 0 Å². The minimum absolute atomic E-state index is 0.101. The first-order chi connectivity index (χ1) is 13.1. The highest BCUT2D eigenvalue weighted by Gasteiger charge is 2.16. The number of phenolic OH excluding ortho intramolecular Hbond substituents is 1. The topological polar surface area (TPSA) is 92.4 Å². The summed E-state index contributed by atoms with van der Waals surface area (Å²) < 4.78 is 5.23. The van der Waals surface area contributed by atoms with Crippen molar-refractivity contribution in [2.45, 2.75) is 39.0 Å². The van der Waals surface area contributed by atoms with Crippen LogP contribution in [0.15, 0.2) is 51.8 Å². The van der Waals surface area contributed by atoms with E-state index in [-0.39, 0.29) is 16.9 Å². The third-order valence-corrected chi connectivity index (χ3v) is 4.38. The molecule has 0 atom stereocenters. The Balaban J connectivity index is 1.88. The summed E-state index contributed by atoms with van der Waals surface area (Å²) >= 11 is 0. The fourth-order valence-corrected chi connectivity index (χ4v) is 2.92. The van der Waals surface area contributed by atoms with Gasteiger partial charge in [-0.25, -0.2) is 9.78 Å². The molecule has 0 spiro atoms. The number of aromatic hydroxyl groups is 1. The van der Waals surface area contributed by atoms with Gasteiger partial charge in [-0.3, -0.25) is 4.79 Å². The molecule has 0 bridgehead atoms. The monoisotopic (exact) mass is 366 g/mol. The Morgan fingerprint density at radius 3 is 2.78 bits per heavy atom. The number of benzene rings is 1. The lowest BCUT2D eigenvalue weighted by molar-refractivity contribution is 0.102. The Morgan fingerprint density at radius 1 is 1.19 bits per heavy atom. The van der Waals surface area contributed by atoms with Gasteiger partial charge in [-0.2, -0.15) is 0 Å². The molecule has 0 fully saturated rings. The molecule has 6 nitrogen and oxygen atoms in total. The van der Waals surface area contributed by atoms with Crippen LogP contribution in [0, 0.1) is 0 Å². The number of nitrogens with one attached hydrogen (secondary N) is 1. The average molecular weight is 366 g/mol. The van der Waals surface area contributed by atoms with Crippen LogP contribution in [0.5, 0.6) is 5.75 Å². The van der Waals surface area contributed by atoms with E-state index < -0.39 is 11.5 Å². The summed E-state index contributed by atoms with van der Waals surface area (Å²) in [7, 11) is 0. The molecule has 3 aromatic rings. The first-order valence-corrected chi connectivity index (χ1v) is 9.10. The molecule has 0 aliphatic rings. The second-order valence-corrected chi connectivity index (χ2v) is 6.45. The zero-order chi connectivity index (χ0) is 19.2. The van der Waals surface area contributed by atoms with Crippen LogP contribution >= 0.6 is 0 Å². The summed E-state index contributed by atoms with van der Waals surface area (Å²) in [6, 6.07) is 9.80. The number of fused-ring (bicyclic) bond motifs is 1. The molecule has 1 aromatic carbocycles. The number of nitrogens with zero attached hydrogens (tertiary/aromatic N) is 1. The van der Waals surface area contributed by atoms with E-state index in [2.05, 4.69) is 17.2 Å². The van der Waals surface area contributed by atoms with Crippen molar-refractivity contribution >= 4 is 22.7 Å². The van der Waals surface area contributed by atoms with Gasteiger partial charge in [-0.15, -0.1) is 0 Å². The van der Waals surface area contributed by atoms with Crippen LogP contribution in [0.3, 0.4) is 0 Å². The second-order valence-electron chi connectivity index (χ2n) is 6.45. The van der Waals surface area contributed by atoms with Crippen molar-refractivity contribution in [1.29, 1.82) is 0 Å². The number of hydrogen-bond acceptors (Lipinski definition) is 5. The van der Waals surface area contributed by atoms with E-state index in [4.69, 9.17) is 4.42 Å². The highest BCUT2D eigenvalue weighted by atomic mass is 16.4. The molecular formula is C21H22N2O4. The lowest BCUT2D eigenvalue weighted by atomic mass is 10.0. The minimum Gasteiger partial charge on any atom is -0.508 e. The van der Waals surface area contributed by atoms with E-state index in [1.54, 1.807) is 30.5 Å². The first-order valence-electron chi connectivity index (χ1n) is 9.10. The largest absolute Gasteiger partial charge is 0.508 e. The minimum atomic E-state index is -0.758. The van der Waals surface area contributed by atoms with Crippen molar-refractivity contribution in [3.05, 3.63) is 64.1 Å². The second kappa shape index (κ2) is 8.49. The molecule has 0 aliphatic heterocycles. The Labute approximate surface area is 156 Å². The molecule has 0 saturated carbocycles. The smallest absolute Gasteiger partial charge is 0.349 e. The molecule has 2 aromatic heterocycles. The average Bonchev–Trinajstić information content (AvgIpc) is 2.66. The molecule has 2 heterocycles. The summed E-state index contributed by atoms with van der Waals surface area (Å²) in [5.74, 6) is -0.126. The van der Waals surface area contributed by atoms with Gasteiger partial charge in [0.2, 0.25) is 0 Å². The van der Waals surface area contributed by atoms with Crippen molar-refractivity contribution in [3.63, 3.8) is 0 Å². The number of hydrogen-bond donors (Lipinski definition) is 2. The molecule has 0 aliphatic carbocycles. The Morgan fingerprint density at radius 2 is 2.04 bits per heavy atom. The van der Waals surface area contributed by atoms with Gasteiger partial charge < -0.3 is 14.8 Å². The maximum absolute atomic E-state index is 12.4. The number of rotatable bonds is 7. The number of phenols is 1. The third-order valence-electron chi connectivity index (χ3n) is 4.38. The third kappa shape index (κ3) is 4.53. The van der Waals surface area contributed by atoms with Gasteiger partial charge in [-0.05, 0) is 42.7 Å². The SMILES string of the molecule is CCCCCCc1cc2cc(C(=O)Nc3ccccn3)c(=O)oc2cc1O. The van der Waals surface area contributed by atoms with Gasteiger partial charge in [0.25, 0.3) is 5.91 Å². The Hall–Kier alpha value is -3.15. The van der Waals surface area contributed by atoms with Gasteiger partial charge in [0.1, 0.15) is 22.7 Å². The van der Waals surface area contributed by atoms with E-state index >= 15 is 0 Å². The molecule has 1 amide bonds. The van der Waals surface area contributed by atoms with Gasteiger partial charge in [0.05, 0.1) is 0 Å². The number of aryl methyl sites for hydroxylation is 1. The first kappa shape index (κ1) is 18.6. The normalized spacial score (nSPS) is 10.9. The predicted octanol–water partition coefficient (Wildman–Crippen LogP) is 4.27. The maximum atomic E-state index is 12.4. The molecule has 0 radical (unpaired) electrons. The fraction of sp³-hybridized carbons (Fsp3) is 0.286. The molecule has 3 rings (SSSR count). The molecule has 2 N–H and O–H groups in total.